The van der Waals surface area contributed by atoms with E-state index >= 15 is 0 Å². The van der Waals surface area contributed by atoms with Crippen molar-refractivity contribution in [2.45, 2.75) is 37.8 Å². The van der Waals surface area contributed by atoms with Gasteiger partial charge in [-0.25, -0.2) is 4.79 Å². The zero-order valence-electron chi connectivity index (χ0n) is 19.2. The molecule has 0 saturated heterocycles. The summed E-state index contributed by atoms with van der Waals surface area (Å²) in [5.41, 5.74) is 0.982. The van der Waals surface area contributed by atoms with E-state index in [-0.39, 0.29) is 13.2 Å². The van der Waals surface area contributed by atoms with Crippen molar-refractivity contribution in [2.75, 3.05) is 27.4 Å². The van der Waals surface area contributed by atoms with Crippen molar-refractivity contribution in [1.82, 2.24) is 0 Å². The Hall–Kier alpha value is -3.19. The van der Waals surface area contributed by atoms with E-state index in [1.807, 2.05) is 0 Å². The molecule has 0 saturated carbocycles. The lowest BCUT2D eigenvalue weighted by molar-refractivity contribution is -0.243. The van der Waals surface area contributed by atoms with E-state index in [1.54, 1.807) is 24.3 Å². The van der Waals surface area contributed by atoms with Gasteiger partial charge in [-0.15, -0.1) is 0 Å². The number of benzene rings is 2. The lowest BCUT2D eigenvalue weighted by Crippen LogP contribution is -2.42. The average Bonchev–Trinajstić information content (AvgIpc) is 2.82. The van der Waals surface area contributed by atoms with Crippen LogP contribution in [0.25, 0.3) is 0 Å². The number of rotatable bonds is 12. The lowest BCUT2D eigenvalue weighted by atomic mass is 10.2. The third-order valence-corrected chi connectivity index (χ3v) is 4.60. The number of carbonyl (C=O) groups excluding carboxylic acids is 1. The molecule has 2 rings (SSSR count). The SMILES string of the molecule is COc1ccc(COCC(OC(=O)OC(COCc2ccc(OC)cc2)C(F)(F)F)C(F)(F)F)cc1. The highest BCUT2D eigenvalue weighted by Crippen LogP contribution is 2.27. The predicted molar refractivity (Wildman–Crippen MR) is 113 cm³/mol. The van der Waals surface area contributed by atoms with E-state index in [9.17, 15) is 31.1 Å². The Balaban J connectivity index is 1.89. The Morgan fingerprint density at radius 2 is 1.00 bits per heavy atom. The standard InChI is InChI=1S/C23H24F6O7/c1-31-17-7-3-15(4-8-17)11-33-13-19(22(24,25)26)35-21(30)36-20(23(27,28)29)14-34-12-16-5-9-18(32-2)10-6-16/h3-10,19-20H,11-14H2,1-2H3. The molecule has 2 unspecified atom stereocenters. The molecular formula is C23H24F6O7. The molecule has 0 aliphatic heterocycles. The van der Waals surface area contributed by atoms with Gasteiger partial charge in [-0.3, -0.25) is 0 Å². The first-order valence-electron chi connectivity index (χ1n) is 10.3. The van der Waals surface area contributed by atoms with Gasteiger partial charge < -0.3 is 28.4 Å². The van der Waals surface area contributed by atoms with Crippen molar-refractivity contribution in [3.05, 3.63) is 59.7 Å². The summed E-state index contributed by atoms with van der Waals surface area (Å²) < 4.78 is 107. The van der Waals surface area contributed by atoms with Gasteiger partial charge in [-0.2, -0.15) is 26.3 Å². The van der Waals surface area contributed by atoms with Gasteiger partial charge in [-0.05, 0) is 35.4 Å². The number of carbonyl (C=O) groups is 1. The molecule has 13 heteroatoms. The van der Waals surface area contributed by atoms with Crippen LogP contribution in [0.2, 0.25) is 0 Å². The summed E-state index contributed by atoms with van der Waals surface area (Å²) in [6.45, 7) is -2.87. The second kappa shape index (κ2) is 13.2. The number of hydrogen-bond acceptors (Lipinski definition) is 7. The van der Waals surface area contributed by atoms with Gasteiger partial charge in [0.05, 0.1) is 40.6 Å². The topological polar surface area (TPSA) is 72.5 Å². The van der Waals surface area contributed by atoms with Crippen LogP contribution in [0.15, 0.2) is 48.5 Å². The maximum Gasteiger partial charge on any atom is 0.509 e. The van der Waals surface area contributed by atoms with Gasteiger partial charge in [0.2, 0.25) is 12.2 Å². The molecule has 0 bridgehead atoms. The van der Waals surface area contributed by atoms with E-state index in [4.69, 9.17) is 18.9 Å². The summed E-state index contributed by atoms with van der Waals surface area (Å²) >= 11 is 0. The first-order valence-corrected chi connectivity index (χ1v) is 10.3. The summed E-state index contributed by atoms with van der Waals surface area (Å²) in [5, 5.41) is 0. The summed E-state index contributed by atoms with van der Waals surface area (Å²) in [5.74, 6) is 1.04. The molecule has 2 aromatic carbocycles. The molecule has 0 aliphatic rings. The Morgan fingerprint density at radius 1 is 0.667 bits per heavy atom. The minimum atomic E-state index is -5.11. The third kappa shape index (κ3) is 9.82. The Morgan fingerprint density at radius 3 is 1.28 bits per heavy atom. The van der Waals surface area contributed by atoms with E-state index < -0.39 is 43.9 Å². The van der Waals surface area contributed by atoms with Crippen molar-refractivity contribution in [2.24, 2.45) is 0 Å². The normalized spacial score (nSPS) is 13.6. The fourth-order valence-corrected chi connectivity index (χ4v) is 2.66. The van der Waals surface area contributed by atoms with Gasteiger partial charge >= 0.3 is 18.5 Å². The first kappa shape index (κ1) is 29.0. The molecule has 0 aromatic heterocycles. The Kier molecular flexibility index (Phi) is 10.7. The van der Waals surface area contributed by atoms with Crippen LogP contribution in [0.4, 0.5) is 31.1 Å². The summed E-state index contributed by atoms with van der Waals surface area (Å²) in [6, 6.07) is 12.4. The number of methoxy groups -OCH3 is 2. The van der Waals surface area contributed by atoms with Crippen LogP contribution < -0.4 is 9.47 Å². The minimum Gasteiger partial charge on any atom is -0.497 e. The van der Waals surface area contributed by atoms with Crippen LogP contribution in [0.5, 0.6) is 11.5 Å². The van der Waals surface area contributed by atoms with Gasteiger partial charge in [0.15, 0.2) is 0 Å². The maximum absolute atomic E-state index is 13.2. The molecule has 36 heavy (non-hydrogen) atoms. The molecule has 0 fully saturated rings. The highest BCUT2D eigenvalue weighted by Gasteiger charge is 2.47. The smallest absolute Gasteiger partial charge is 0.497 e. The highest BCUT2D eigenvalue weighted by atomic mass is 19.4. The minimum absolute atomic E-state index is 0.278. The summed E-state index contributed by atoms with van der Waals surface area (Å²) in [6.07, 6.45) is -18.1. The van der Waals surface area contributed by atoms with Gasteiger partial charge in [0.1, 0.15) is 11.5 Å². The van der Waals surface area contributed by atoms with Gasteiger partial charge in [0, 0.05) is 0 Å². The van der Waals surface area contributed by atoms with Crippen LogP contribution in [-0.2, 0) is 32.2 Å². The average molecular weight is 526 g/mol. The van der Waals surface area contributed by atoms with Crippen LogP contribution in [0.3, 0.4) is 0 Å². The zero-order chi connectivity index (χ0) is 26.8. The molecule has 0 aliphatic carbocycles. The molecule has 7 nitrogen and oxygen atoms in total. The van der Waals surface area contributed by atoms with Crippen LogP contribution in [-0.4, -0.2) is 58.1 Å². The molecule has 0 spiro atoms. The van der Waals surface area contributed by atoms with Crippen molar-refractivity contribution in [3.63, 3.8) is 0 Å². The van der Waals surface area contributed by atoms with Crippen LogP contribution in [0, 0.1) is 0 Å². The lowest BCUT2D eigenvalue weighted by Gasteiger charge is -2.24. The first-order chi connectivity index (χ1) is 16.9. The summed E-state index contributed by atoms with van der Waals surface area (Å²) in [4.78, 5) is 11.8. The fraction of sp³-hybridized carbons (Fsp3) is 0.435. The van der Waals surface area contributed by atoms with Crippen molar-refractivity contribution in [1.29, 1.82) is 0 Å². The largest absolute Gasteiger partial charge is 0.509 e. The van der Waals surface area contributed by atoms with E-state index in [2.05, 4.69) is 9.47 Å². The van der Waals surface area contributed by atoms with E-state index in [0.29, 0.717) is 22.6 Å². The molecule has 2 aromatic rings. The molecule has 0 heterocycles. The van der Waals surface area contributed by atoms with E-state index in [1.165, 1.54) is 38.5 Å². The third-order valence-electron chi connectivity index (χ3n) is 4.60. The van der Waals surface area contributed by atoms with Crippen molar-refractivity contribution < 1.29 is 59.6 Å². The Labute approximate surface area is 202 Å². The molecule has 200 valence electrons. The second-order valence-electron chi connectivity index (χ2n) is 7.27. The fourth-order valence-electron chi connectivity index (χ4n) is 2.66. The van der Waals surface area contributed by atoms with Crippen molar-refractivity contribution in [3.8, 4) is 11.5 Å². The monoisotopic (exact) mass is 526 g/mol. The van der Waals surface area contributed by atoms with Crippen molar-refractivity contribution >= 4 is 6.16 Å². The predicted octanol–water partition coefficient (Wildman–Crippen LogP) is 5.45. The molecule has 0 radical (unpaired) electrons. The van der Waals surface area contributed by atoms with Crippen LogP contribution in [0.1, 0.15) is 11.1 Å². The molecular weight excluding hydrogens is 502 g/mol. The number of hydrogen-bond donors (Lipinski definition) is 0. The van der Waals surface area contributed by atoms with Gasteiger partial charge in [-0.1, -0.05) is 24.3 Å². The second-order valence-corrected chi connectivity index (χ2v) is 7.27. The highest BCUT2D eigenvalue weighted by molar-refractivity contribution is 5.60. The molecule has 0 N–H and O–H groups in total. The van der Waals surface area contributed by atoms with Crippen LogP contribution >= 0.6 is 0 Å². The quantitative estimate of drug-likeness (QED) is 0.269. The van der Waals surface area contributed by atoms with E-state index in [0.717, 1.165) is 0 Å². The van der Waals surface area contributed by atoms with Gasteiger partial charge in [0.25, 0.3) is 0 Å². The summed E-state index contributed by atoms with van der Waals surface area (Å²) in [7, 11) is 2.87. The molecule has 2 atom stereocenters. The Bertz CT molecular complexity index is 854. The molecule has 0 amide bonds. The maximum atomic E-state index is 13.2. The number of halogens is 6. The number of ether oxygens (including phenoxy) is 6. The number of alkyl halides is 6. The zero-order valence-corrected chi connectivity index (χ0v) is 19.2.